The second-order valence-electron chi connectivity index (χ2n) is 5.41. The highest BCUT2D eigenvalue weighted by Crippen LogP contribution is 2.19. The van der Waals surface area contributed by atoms with Gasteiger partial charge in [-0.25, -0.2) is 0 Å². The number of rotatable bonds is 7. The second kappa shape index (κ2) is 8.65. The first-order chi connectivity index (χ1) is 11.6. The van der Waals surface area contributed by atoms with Gasteiger partial charge in [-0.2, -0.15) is 0 Å². The predicted molar refractivity (Wildman–Crippen MR) is 99.5 cm³/mol. The van der Waals surface area contributed by atoms with Gasteiger partial charge in [0.25, 0.3) is 5.56 Å². The van der Waals surface area contributed by atoms with Crippen molar-refractivity contribution in [2.24, 2.45) is 0 Å². The number of aliphatic hydroxyl groups excluding tert-OH is 1. The van der Waals surface area contributed by atoms with E-state index >= 15 is 0 Å². The monoisotopic (exact) mass is 349 g/mol. The van der Waals surface area contributed by atoms with Crippen molar-refractivity contribution in [2.45, 2.75) is 19.9 Å². The second-order valence-corrected chi connectivity index (χ2v) is 5.80. The van der Waals surface area contributed by atoms with E-state index in [2.05, 4.69) is 10.3 Å². The molecule has 0 radical (unpaired) electrons. The fourth-order valence-electron chi connectivity index (χ4n) is 2.45. The van der Waals surface area contributed by atoms with Gasteiger partial charge in [-0.1, -0.05) is 0 Å². The van der Waals surface area contributed by atoms with Crippen molar-refractivity contribution in [3.05, 3.63) is 40.2 Å². The van der Waals surface area contributed by atoms with E-state index in [4.69, 9.17) is 22.1 Å². The molecule has 2 aromatic rings. The number of aliphatic hydroxyl groups is 1. The third-order valence-electron chi connectivity index (χ3n) is 3.69. The molecule has 1 aromatic heterocycles. The number of benzene rings is 1. The van der Waals surface area contributed by atoms with Crippen molar-refractivity contribution in [3.63, 3.8) is 0 Å². The smallest absolute Gasteiger partial charge is 0.253 e. The average Bonchev–Trinajstić information content (AvgIpc) is 2.58. The van der Waals surface area contributed by atoms with Gasteiger partial charge in [0.05, 0.1) is 19.2 Å². The number of H-pyrrole nitrogens is 1. The molecule has 0 saturated carbocycles. The summed E-state index contributed by atoms with van der Waals surface area (Å²) >= 11 is 5.36. The number of ether oxygens (including phenoxy) is 1. The first-order valence-electron chi connectivity index (χ1n) is 7.92. The molecule has 0 bridgehead atoms. The minimum atomic E-state index is -0.149. The zero-order chi connectivity index (χ0) is 17.5. The molecule has 3 N–H and O–H groups in total. The lowest BCUT2D eigenvalue weighted by atomic mass is 10.1. The van der Waals surface area contributed by atoms with Crippen LogP contribution in [0.1, 0.15) is 18.9 Å². The highest BCUT2D eigenvalue weighted by atomic mass is 32.1. The number of fused-ring (bicyclic) bond motifs is 1. The number of thiocarbonyl (C=S) groups is 1. The Morgan fingerprint density at radius 2 is 2.21 bits per heavy atom. The number of aromatic nitrogens is 1. The number of pyridine rings is 1. The molecule has 0 saturated heterocycles. The van der Waals surface area contributed by atoms with Gasteiger partial charge in [0.1, 0.15) is 5.75 Å². The molecule has 0 atom stereocenters. The van der Waals surface area contributed by atoms with Crippen molar-refractivity contribution in [3.8, 4) is 5.75 Å². The Hall–Kier alpha value is -2.12. The van der Waals surface area contributed by atoms with Crippen LogP contribution in [-0.4, -0.2) is 46.9 Å². The van der Waals surface area contributed by atoms with Gasteiger partial charge in [0.15, 0.2) is 5.11 Å². The number of hydrogen-bond acceptors (Lipinski definition) is 4. The van der Waals surface area contributed by atoms with E-state index < -0.39 is 0 Å². The SMILES string of the molecule is CCNC(=S)N(CCCO)Cc1cc2ccc(OC)cc2[nH]c1=O. The van der Waals surface area contributed by atoms with Gasteiger partial charge in [-0.05, 0) is 49.1 Å². The largest absolute Gasteiger partial charge is 0.497 e. The number of nitrogens with one attached hydrogen (secondary N) is 2. The molecule has 0 unspecified atom stereocenters. The van der Waals surface area contributed by atoms with Crippen LogP contribution < -0.4 is 15.6 Å². The fraction of sp³-hybridized carbons (Fsp3) is 0.412. The van der Waals surface area contributed by atoms with Crippen LogP contribution in [-0.2, 0) is 6.54 Å². The number of aromatic amines is 1. The molecule has 0 spiro atoms. The molecule has 1 heterocycles. The summed E-state index contributed by atoms with van der Waals surface area (Å²) in [7, 11) is 1.59. The van der Waals surface area contributed by atoms with Gasteiger partial charge < -0.3 is 25.0 Å². The van der Waals surface area contributed by atoms with Crippen LogP contribution in [0.25, 0.3) is 10.9 Å². The van der Waals surface area contributed by atoms with Gasteiger partial charge in [0.2, 0.25) is 0 Å². The number of nitrogens with zero attached hydrogens (tertiary/aromatic N) is 1. The molecule has 0 aliphatic heterocycles. The van der Waals surface area contributed by atoms with E-state index in [1.54, 1.807) is 13.2 Å². The Morgan fingerprint density at radius 1 is 1.42 bits per heavy atom. The van der Waals surface area contributed by atoms with E-state index in [0.29, 0.717) is 42.5 Å². The van der Waals surface area contributed by atoms with Crippen LogP contribution in [0.4, 0.5) is 0 Å². The predicted octanol–water partition coefficient (Wildman–Crippen LogP) is 1.62. The molecule has 0 fully saturated rings. The Kier molecular flexibility index (Phi) is 6.57. The maximum atomic E-state index is 12.4. The summed E-state index contributed by atoms with van der Waals surface area (Å²) < 4.78 is 5.18. The van der Waals surface area contributed by atoms with Gasteiger partial charge in [0, 0.05) is 31.3 Å². The van der Waals surface area contributed by atoms with Crippen molar-refractivity contribution < 1.29 is 9.84 Å². The quantitative estimate of drug-likeness (QED) is 0.660. The number of methoxy groups -OCH3 is 1. The molecular weight excluding hydrogens is 326 g/mol. The van der Waals surface area contributed by atoms with Crippen molar-refractivity contribution >= 4 is 28.2 Å². The lowest BCUT2D eigenvalue weighted by Crippen LogP contribution is -2.41. The molecule has 1 aromatic carbocycles. The van der Waals surface area contributed by atoms with E-state index in [1.165, 1.54) is 0 Å². The molecule has 24 heavy (non-hydrogen) atoms. The first-order valence-corrected chi connectivity index (χ1v) is 8.33. The molecule has 0 aliphatic rings. The van der Waals surface area contributed by atoms with Crippen LogP contribution in [0.2, 0.25) is 0 Å². The highest BCUT2D eigenvalue weighted by Gasteiger charge is 2.12. The van der Waals surface area contributed by atoms with E-state index in [1.807, 2.05) is 30.0 Å². The Bertz CT molecular complexity index is 760. The van der Waals surface area contributed by atoms with Crippen molar-refractivity contribution in [1.29, 1.82) is 0 Å². The van der Waals surface area contributed by atoms with Crippen LogP contribution in [0.3, 0.4) is 0 Å². The van der Waals surface area contributed by atoms with Crippen LogP contribution in [0.5, 0.6) is 5.75 Å². The average molecular weight is 349 g/mol. The summed E-state index contributed by atoms with van der Waals surface area (Å²) in [6.45, 7) is 3.74. The lowest BCUT2D eigenvalue weighted by molar-refractivity contribution is 0.264. The van der Waals surface area contributed by atoms with Gasteiger partial charge in [-0.15, -0.1) is 0 Å². The molecule has 7 heteroatoms. The van der Waals surface area contributed by atoms with Crippen molar-refractivity contribution in [2.75, 3.05) is 26.8 Å². The Morgan fingerprint density at radius 3 is 2.88 bits per heavy atom. The summed E-state index contributed by atoms with van der Waals surface area (Å²) in [5.74, 6) is 0.698. The topological polar surface area (TPSA) is 77.6 Å². The molecule has 130 valence electrons. The summed E-state index contributed by atoms with van der Waals surface area (Å²) in [6.07, 6.45) is 0.591. The third-order valence-corrected chi connectivity index (χ3v) is 4.10. The zero-order valence-corrected chi connectivity index (χ0v) is 14.8. The molecule has 0 amide bonds. The van der Waals surface area contributed by atoms with Crippen LogP contribution >= 0.6 is 12.2 Å². The summed E-state index contributed by atoms with van der Waals surface area (Å²) in [5, 5.41) is 13.7. The molecule has 6 nitrogen and oxygen atoms in total. The normalized spacial score (nSPS) is 10.6. The molecular formula is C17H23N3O3S. The maximum absolute atomic E-state index is 12.4. The fourth-order valence-corrected chi connectivity index (χ4v) is 2.75. The van der Waals surface area contributed by atoms with Gasteiger partial charge in [-0.3, -0.25) is 4.79 Å². The Labute approximate surface area is 146 Å². The minimum Gasteiger partial charge on any atom is -0.497 e. The molecule has 0 aliphatic carbocycles. The maximum Gasteiger partial charge on any atom is 0.253 e. The molecule has 2 rings (SSSR count). The Balaban J connectivity index is 2.30. The minimum absolute atomic E-state index is 0.0825. The standard InChI is InChI=1S/C17H23N3O3S/c1-3-18-17(24)20(7-4-8-21)11-13-9-12-5-6-14(23-2)10-15(12)19-16(13)22/h5-6,9-10,21H,3-4,7-8,11H2,1-2H3,(H,18,24)(H,19,22). The number of hydrogen-bond donors (Lipinski definition) is 3. The lowest BCUT2D eigenvalue weighted by Gasteiger charge is -2.25. The van der Waals surface area contributed by atoms with Crippen LogP contribution in [0, 0.1) is 0 Å². The van der Waals surface area contributed by atoms with E-state index in [0.717, 1.165) is 10.9 Å². The van der Waals surface area contributed by atoms with E-state index in [-0.39, 0.29) is 12.2 Å². The zero-order valence-electron chi connectivity index (χ0n) is 14.0. The van der Waals surface area contributed by atoms with Gasteiger partial charge >= 0.3 is 0 Å². The summed E-state index contributed by atoms with van der Waals surface area (Å²) in [5.41, 5.74) is 1.22. The summed E-state index contributed by atoms with van der Waals surface area (Å²) in [6, 6.07) is 7.44. The van der Waals surface area contributed by atoms with Crippen LogP contribution in [0.15, 0.2) is 29.1 Å². The van der Waals surface area contributed by atoms with E-state index in [9.17, 15) is 4.79 Å². The third kappa shape index (κ3) is 4.46. The highest BCUT2D eigenvalue weighted by molar-refractivity contribution is 7.80. The summed E-state index contributed by atoms with van der Waals surface area (Å²) in [4.78, 5) is 17.2. The first kappa shape index (κ1) is 18.2. The van der Waals surface area contributed by atoms with Crippen molar-refractivity contribution in [1.82, 2.24) is 15.2 Å².